The summed E-state index contributed by atoms with van der Waals surface area (Å²) in [7, 11) is 0. The largest absolute Gasteiger partial charge is 0.505 e. The molecular weight excluding hydrogens is 444 g/mol. The van der Waals surface area contributed by atoms with Crippen LogP contribution in [0.5, 0.6) is 5.75 Å². The average molecular weight is 475 g/mol. The van der Waals surface area contributed by atoms with E-state index >= 15 is 0 Å². The van der Waals surface area contributed by atoms with Gasteiger partial charge in [0.1, 0.15) is 11.3 Å². The van der Waals surface area contributed by atoms with E-state index in [2.05, 4.69) is 17.2 Å². The zero-order valence-electron chi connectivity index (χ0n) is 19.6. The molecule has 0 fully saturated rings. The smallest absolute Gasteiger partial charge is 0.338 e. The molecule has 6 heteroatoms. The summed E-state index contributed by atoms with van der Waals surface area (Å²) in [6, 6.07) is 18.9. The lowest BCUT2D eigenvalue weighted by molar-refractivity contribution is 0.0498. The van der Waals surface area contributed by atoms with E-state index in [9.17, 15) is 9.90 Å². The first-order chi connectivity index (χ1) is 16.6. The standard InChI is InChI=1S/C28H30N2O3S/c1-3-4-5-6-17-33-28(32)21-11-14-22(15-12-21)30-26(24-8-7-18-34-24)23-16-13-20-10-9-19(2)29-25(20)27(23)31/h7-16,18,26,30-31H,3-6,17H2,1-2H3. The number of esters is 1. The van der Waals surface area contributed by atoms with Gasteiger partial charge >= 0.3 is 5.97 Å². The minimum Gasteiger partial charge on any atom is -0.505 e. The predicted molar refractivity (Wildman–Crippen MR) is 139 cm³/mol. The average Bonchev–Trinajstić information content (AvgIpc) is 3.38. The van der Waals surface area contributed by atoms with Crippen LogP contribution in [0.1, 0.15) is 65.1 Å². The number of nitrogens with zero attached hydrogens (tertiary/aromatic N) is 1. The van der Waals surface area contributed by atoms with Crippen LogP contribution in [0, 0.1) is 6.92 Å². The van der Waals surface area contributed by atoms with E-state index in [4.69, 9.17) is 4.74 Å². The van der Waals surface area contributed by atoms with Crippen molar-refractivity contribution in [3.05, 3.63) is 87.7 Å². The molecule has 0 saturated heterocycles. The molecule has 176 valence electrons. The van der Waals surface area contributed by atoms with Crippen molar-refractivity contribution in [1.82, 2.24) is 4.98 Å². The number of hydrogen-bond donors (Lipinski definition) is 2. The zero-order valence-corrected chi connectivity index (χ0v) is 20.4. The van der Waals surface area contributed by atoms with Crippen LogP contribution in [0.25, 0.3) is 10.9 Å². The van der Waals surface area contributed by atoms with Crippen LogP contribution >= 0.6 is 11.3 Å². The van der Waals surface area contributed by atoms with Gasteiger partial charge in [0.15, 0.2) is 0 Å². The van der Waals surface area contributed by atoms with Crippen LogP contribution in [0.4, 0.5) is 5.69 Å². The molecule has 0 aliphatic heterocycles. The summed E-state index contributed by atoms with van der Waals surface area (Å²) in [5.41, 5.74) is 3.58. The number of pyridine rings is 1. The minimum absolute atomic E-state index is 0.176. The molecule has 2 aromatic carbocycles. The molecule has 0 bridgehead atoms. The van der Waals surface area contributed by atoms with E-state index in [1.165, 1.54) is 0 Å². The number of phenolic OH excluding ortho intramolecular Hbond substituents is 1. The first kappa shape index (κ1) is 23.8. The molecule has 0 amide bonds. The van der Waals surface area contributed by atoms with E-state index in [1.807, 2.05) is 60.8 Å². The lowest BCUT2D eigenvalue weighted by atomic mass is 10.0. The van der Waals surface area contributed by atoms with Gasteiger partial charge in [0, 0.05) is 27.2 Å². The molecule has 0 radical (unpaired) electrons. The fraction of sp³-hybridized carbons (Fsp3) is 0.286. The maximum Gasteiger partial charge on any atom is 0.338 e. The molecule has 2 N–H and O–H groups in total. The Morgan fingerprint density at radius 2 is 1.85 bits per heavy atom. The second kappa shape index (κ2) is 11.2. The Morgan fingerprint density at radius 1 is 1.06 bits per heavy atom. The van der Waals surface area contributed by atoms with Gasteiger partial charge in [-0.15, -0.1) is 11.3 Å². The molecule has 34 heavy (non-hydrogen) atoms. The second-order valence-electron chi connectivity index (χ2n) is 8.39. The van der Waals surface area contributed by atoms with Gasteiger partial charge in [-0.2, -0.15) is 0 Å². The Bertz CT molecular complexity index is 1240. The van der Waals surface area contributed by atoms with Gasteiger partial charge in [-0.25, -0.2) is 9.78 Å². The van der Waals surface area contributed by atoms with Gasteiger partial charge in [-0.1, -0.05) is 50.5 Å². The summed E-state index contributed by atoms with van der Waals surface area (Å²) in [5.74, 6) is -0.123. The monoisotopic (exact) mass is 474 g/mol. The third-order valence-corrected chi connectivity index (χ3v) is 6.74. The number of anilines is 1. The highest BCUT2D eigenvalue weighted by atomic mass is 32.1. The predicted octanol–water partition coefficient (Wildman–Crippen LogP) is 7.25. The first-order valence-electron chi connectivity index (χ1n) is 11.7. The number of carbonyl (C=O) groups excluding carboxylic acids is 1. The summed E-state index contributed by atoms with van der Waals surface area (Å²) in [5, 5.41) is 17.6. The minimum atomic E-state index is -0.300. The van der Waals surface area contributed by atoms with Crippen LogP contribution < -0.4 is 5.32 Å². The summed E-state index contributed by atoms with van der Waals surface area (Å²) >= 11 is 1.62. The fourth-order valence-electron chi connectivity index (χ4n) is 3.92. The number of rotatable bonds is 10. The molecular formula is C28H30N2O3S. The maximum atomic E-state index is 12.3. The number of phenols is 1. The number of nitrogens with one attached hydrogen (secondary N) is 1. The van der Waals surface area contributed by atoms with E-state index in [1.54, 1.807) is 23.5 Å². The van der Waals surface area contributed by atoms with Gasteiger partial charge in [-0.3, -0.25) is 0 Å². The van der Waals surface area contributed by atoms with Gasteiger partial charge in [0.2, 0.25) is 0 Å². The highest BCUT2D eigenvalue weighted by molar-refractivity contribution is 7.10. The van der Waals surface area contributed by atoms with Crippen molar-refractivity contribution in [3.63, 3.8) is 0 Å². The molecule has 1 unspecified atom stereocenters. The van der Waals surface area contributed by atoms with E-state index in [-0.39, 0.29) is 17.8 Å². The van der Waals surface area contributed by atoms with Gasteiger partial charge in [0.05, 0.1) is 18.2 Å². The third-order valence-electron chi connectivity index (χ3n) is 5.81. The van der Waals surface area contributed by atoms with E-state index in [0.29, 0.717) is 17.7 Å². The van der Waals surface area contributed by atoms with Crippen LogP contribution in [-0.4, -0.2) is 22.7 Å². The molecule has 5 nitrogen and oxygen atoms in total. The fourth-order valence-corrected chi connectivity index (χ4v) is 4.72. The van der Waals surface area contributed by atoms with Gasteiger partial charge < -0.3 is 15.2 Å². The molecule has 0 saturated carbocycles. The van der Waals surface area contributed by atoms with Crippen molar-refractivity contribution >= 4 is 33.9 Å². The van der Waals surface area contributed by atoms with Gasteiger partial charge in [0.25, 0.3) is 0 Å². The molecule has 1 atom stereocenters. The quantitative estimate of drug-likeness (QED) is 0.187. The molecule has 4 rings (SSSR count). The number of aromatic hydroxyl groups is 1. The Labute approximate surface area is 204 Å². The van der Waals surface area contributed by atoms with Crippen molar-refractivity contribution < 1.29 is 14.6 Å². The SMILES string of the molecule is CCCCCCOC(=O)c1ccc(NC(c2cccs2)c2ccc3ccc(C)nc3c2O)cc1. The molecule has 0 aliphatic rings. The summed E-state index contributed by atoms with van der Waals surface area (Å²) in [6.07, 6.45) is 4.28. The topological polar surface area (TPSA) is 71.5 Å². The number of unbranched alkanes of at least 4 members (excludes halogenated alkanes) is 3. The van der Waals surface area contributed by atoms with E-state index < -0.39 is 0 Å². The van der Waals surface area contributed by atoms with Crippen molar-refractivity contribution in [2.45, 2.75) is 45.6 Å². The Morgan fingerprint density at radius 3 is 2.59 bits per heavy atom. The Balaban J connectivity index is 1.54. The number of thiophene rings is 1. The van der Waals surface area contributed by atoms with Crippen LogP contribution in [-0.2, 0) is 4.74 Å². The lowest BCUT2D eigenvalue weighted by Gasteiger charge is -2.21. The summed E-state index contributed by atoms with van der Waals surface area (Å²) in [4.78, 5) is 18.0. The van der Waals surface area contributed by atoms with Crippen molar-refractivity contribution in [1.29, 1.82) is 0 Å². The third kappa shape index (κ3) is 5.57. The highest BCUT2D eigenvalue weighted by Gasteiger charge is 2.21. The summed E-state index contributed by atoms with van der Waals surface area (Å²) in [6.45, 7) is 4.52. The Hall–Kier alpha value is -3.38. The zero-order chi connectivity index (χ0) is 23.9. The molecule has 2 aromatic heterocycles. The van der Waals surface area contributed by atoms with Crippen molar-refractivity contribution in [2.75, 3.05) is 11.9 Å². The van der Waals surface area contributed by atoms with Gasteiger partial charge in [-0.05, 0) is 55.1 Å². The summed E-state index contributed by atoms with van der Waals surface area (Å²) < 4.78 is 5.39. The van der Waals surface area contributed by atoms with Crippen LogP contribution in [0.15, 0.2) is 66.0 Å². The molecule has 0 spiro atoms. The van der Waals surface area contributed by atoms with E-state index in [0.717, 1.165) is 52.9 Å². The number of carbonyl (C=O) groups is 1. The number of aromatic nitrogens is 1. The number of aryl methyl sites for hydroxylation is 1. The molecule has 2 heterocycles. The second-order valence-corrected chi connectivity index (χ2v) is 9.37. The van der Waals surface area contributed by atoms with Crippen LogP contribution in [0.3, 0.4) is 0 Å². The molecule has 4 aromatic rings. The number of benzene rings is 2. The highest BCUT2D eigenvalue weighted by Crippen LogP contribution is 2.38. The maximum absolute atomic E-state index is 12.3. The van der Waals surface area contributed by atoms with Crippen molar-refractivity contribution in [2.24, 2.45) is 0 Å². The normalized spacial score (nSPS) is 11.9. The Kier molecular flexibility index (Phi) is 7.80. The van der Waals surface area contributed by atoms with Crippen molar-refractivity contribution in [3.8, 4) is 5.75 Å². The lowest BCUT2D eigenvalue weighted by Crippen LogP contribution is -2.12. The first-order valence-corrected chi connectivity index (χ1v) is 12.6. The molecule has 0 aliphatic carbocycles. The van der Waals surface area contributed by atoms with Crippen LogP contribution in [0.2, 0.25) is 0 Å². The number of ether oxygens (including phenoxy) is 1. The number of fused-ring (bicyclic) bond motifs is 1. The number of hydrogen-bond acceptors (Lipinski definition) is 6.